The minimum Gasteiger partial charge on any atom is -0.384 e. The largest absolute Gasteiger partial charge is 0.384 e. The molecule has 2 aliphatic rings. The molecule has 1 heterocycles. The van der Waals surface area contributed by atoms with Crippen molar-refractivity contribution >= 4 is 51.0 Å². The molecule has 0 radical (unpaired) electrons. The van der Waals surface area contributed by atoms with Gasteiger partial charge in [-0.3, -0.25) is 14.4 Å². The Morgan fingerprint density at radius 2 is 1.90 bits per heavy atom. The normalized spacial score (nSPS) is 17.1. The molecule has 4 rings (SSSR count). The van der Waals surface area contributed by atoms with Gasteiger partial charge in [-0.2, -0.15) is 0 Å². The maximum absolute atomic E-state index is 13.2. The SMILES string of the molecule is COCCNC(=O)c1cccc(C2C=c3nc(C(C(=O)NCC(=O)NC4CC4)S(=O)(=O)CCOC)sc3=CC2)c1. The van der Waals surface area contributed by atoms with Gasteiger partial charge in [0.15, 0.2) is 15.1 Å². The summed E-state index contributed by atoms with van der Waals surface area (Å²) in [6, 6.07) is 7.44. The van der Waals surface area contributed by atoms with Gasteiger partial charge in [-0.05, 0) is 43.0 Å². The molecule has 216 valence electrons. The molecule has 3 N–H and O–H groups in total. The molecule has 1 saturated carbocycles. The zero-order valence-corrected chi connectivity index (χ0v) is 24.1. The number of ether oxygens (including phenoxy) is 2. The van der Waals surface area contributed by atoms with E-state index in [4.69, 9.17) is 9.47 Å². The van der Waals surface area contributed by atoms with E-state index >= 15 is 0 Å². The van der Waals surface area contributed by atoms with E-state index < -0.39 is 21.0 Å². The lowest BCUT2D eigenvalue weighted by Gasteiger charge is -2.15. The number of hydrogen-bond donors (Lipinski definition) is 3. The maximum Gasteiger partial charge on any atom is 0.251 e. The van der Waals surface area contributed by atoms with Gasteiger partial charge in [-0.1, -0.05) is 18.2 Å². The van der Waals surface area contributed by atoms with E-state index in [2.05, 4.69) is 20.9 Å². The predicted molar refractivity (Wildman–Crippen MR) is 151 cm³/mol. The van der Waals surface area contributed by atoms with Gasteiger partial charge in [0.25, 0.3) is 5.91 Å². The molecule has 2 unspecified atom stereocenters. The zero-order valence-electron chi connectivity index (χ0n) is 22.5. The minimum atomic E-state index is -3.99. The van der Waals surface area contributed by atoms with Crippen molar-refractivity contribution < 1.29 is 32.3 Å². The Morgan fingerprint density at radius 1 is 1.12 bits per heavy atom. The summed E-state index contributed by atoms with van der Waals surface area (Å²) in [6.45, 7) is 0.433. The van der Waals surface area contributed by atoms with E-state index in [0.29, 0.717) is 30.5 Å². The monoisotopic (exact) mass is 590 g/mol. The first kappa shape index (κ1) is 29.8. The van der Waals surface area contributed by atoms with Crippen LogP contribution in [0.15, 0.2) is 24.3 Å². The van der Waals surface area contributed by atoms with E-state index in [1.165, 1.54) is 7.11 Å². The highest BCUT2D eigenvalue weighted by molar-refractivity contribution is 7.92. The number of carbonyl (C=O) groups is 3. The fraction of sp³-hybridized carbons (Fsp3) is 0.481. The number of aromatic nitrogens is 1. The van der Waals surface area contributed by atoms with Crippen LogP contribution in [0.5, 0.6) is 0 Å². The molecule has 0 aliphatic heterocycles. The quantitative estimate of drug-likeness (QED) is 0.255. The molecule has 0 bridgehead atoms. The number of hydrogen-bond acceptors (Lipinski definition) is 9. The maximum atomic E-state index is 13.2. The lowest BCUT2D eigenvalue weighted by Crippen LogP contribution is -2.42. The van der Waals surface area contributed by atoms with E-state index in [1.807, 2.05) is 30.4 Å². The average molecular weight is 591 g/mol. The zero-order chi connectivity index (χ0) is 28.7. The molecular formula is C27H34N4O7S2. The summed E-state index contributed by atoms with van der Waals surface area (Å²) >= 11 is 1.15. The topological polar surface area (TPSA) is 153 Å². The second kappa shape index (κ2) is 13.5. The summed E-state index contributed by atoms with van der Waals surface area (Å²) in [4.78, 5) is 42.3. The first-order valence-electron chi connectivity index (χ1n) is 13.0. The van der Waals surface area contributed by atoms with Crippen molar-refractivity contribution in [2.45, 2.75) is 36.5 Å². The Bertz CT molecular complexity index is 1470. The summed E-state index contributed by atoms with van der Waals surface area (Å²) in [7, 11) is -1.03. The van der Waals surface area contributed by atoms with Gasteiger partial charge in [-0.25, -0.2) is 13.4 Å². The van der Waals surface area contributed by atoms with Gasteiger partial charge < -0.3 is 25.4 Å². The Hall–Kier alpha value is -3.13. The van der Waals surface area contributed by atoms with E-state index in [-0.39, 0.29) is 47.7 Å². The van der Waals surface area contributed by atoms with Gasteiger partial charge >= 0.3 is 0 Å². The van der Waals surface area contributed by atoms with Gasteiger partial charge in [0.2, 0.25) is 11.8 Å². The summed E-state index contributed by atoms with van der Waals surface area (Å²) in [5, 5.41) is 7.21. The van der Waals surface area contributed by atoms with Crippen LogP contribution in [0, 0.1) is 0 Å². The molecule has 2 aliphatic carbocycles. The fourth-order valence-electron chi connectivity index (χ4n) is 4.26. The summed E-state index contributed by atoms with van der Waals surface area (Å²) < 4.78 is 37.1. The molecule has 2 atom stereocenters. The van der Waals surface area contributed by atoms with Crippen molar-refractivity contribution in [2.75, 3.05) is 46.3 Å². The second-order valence-corrected chi connectivity index (χ2v) is 13.0. The fourth-order valence-corrected chi connectivity index (χ4v) is 7.23. The van der Waals surface area contributed by atoms with E-state index in [1.54, 1.807) is 13.2 Å². The molecule has 11 nitrogen and oxygen atoms in total. The molecule has 1 fully saturated rings. The summed E-state index contributed by atoms with van der Waals surface area (Å²) in [5.41, 5.74) is 1.44. The Kier molecular flexibility index (Phi) is 10.1. The minimum absolute atomic E-state index is 0.0743. The predicted octanol–water partition coefficient (Wildman–Crippen LogP) is -0.235. The molecule has 0 saturated heterocycles. The highest BCUT2D eigenvalue weighted by Crippen LogP contribution is 2.27. The van der Waals surface area contributed by atoms with Crippen LogP contribution in [-0.2, 0) is 28.9 Å². The number of nitrogens with one attached hydrogen (secondary N) is 3. The molecule has 1 aromatic heterocycles. The number of methoxy groups -OCH3 is 2. The summed E-state index contributed by atoms with van der Waals surface area (Å²) in [5.74, 6) is -1.80. The highest BCUT2D eigenvalue weighted by Gasteiger charge is 2.37. The molecule has 40 heavy (non-hydrogen) atoms. The van der Waals surface area contributed by atoms with Crippen molar-refractivity contribution in [1.29, 1.82) is 0 Å². The highest BCUT2D eigenvalue weighted by atomic mass is 32.2. The van der Waals surface area contributed by atoms with Crippen LogP contribution in [0.2, 0.25) is 0 Å². The Balaban J connectivity index is 1.56. The number of rotatable bonds is 14. The van der Waals surface area contributed by atoms with E-state index in [0.717, 1.165) is 34.3 Å². The van der Waals surface area contributed by atoms with Gasteiger partial charge in [0.05, 0.1) is 35.4 Å². The van der Waals surface area contributed by atoms with Crippen molar-refractivity contribution in [1.82, 2.24) is 20.9 Å². The van der Waals surface area contributed by atoms with Crippen LogP contribution >= 0.6 is 11.3 Å². The number of benzene rings is 1. The third kappa shape index (κ3) is 7.74. The summed E-state index contributed by atoms with van der Waals surface area (Å²) in [6.07, 6.45) is 6.32. The lowest BCUT2D eigenvalue weighted by molar-refractivity contribution is -0.126. The molecule has 2 aromatic rings. The Morgan fingerprint density at radius 3 is 2.62 bits per heavy atom. The average Bonchev–Trinajstić information content (AvgIpc) is 3.66. The van der Waals surface area contributed by atoms with Crippen LogP contribution in [0.1, 0.15) is 51.4 Å². The van der Waals surface area contributed by atoms with Gasteiger partial charge in [-0.15, -0.1) is 11.3 Å². The van der Waals surface area contributed by atoms with Crippen molar-refractivity contribution in [3.8, 4) is 0 Å². The van der Waals surface area contributed by atoms with Gasteiger partial charge in [0.1, 0.15) is 5.01 Å². The molecule has 0 spiro atoms. The van der Waals surface area contributed by atoms with E-state index in [9.17, 15) is 22.8 Å². The number of nitrogens with zero attached hydrogens (tertiary/aromatic N) is 1. The number of sulfone groups is 1. The van der Waals surface area contributed by atoms with Crippen LogP contribution in [0.4, 0.5) is 0 Å². The number of carbonyl (C=O) groups excluding carboxylic acids is 3. The third-order valence-electron chi connectivity index (χ3n) is 6.54. The number of amides is 3. The van der Waals surface area contributed by atoms with Crippen LogP contribution in [0.3, 0.4) is 0 Å². The number of thiazole rings is 1. The molecule has 1 aromatic carbocycles. The second-order valence-electron chi connectivity index (χ2n) is 9.69. The van der Waals surface area contributed by atoms with Crippen molar-refractivity contribution in [2.24, 2.45) is 0 Å². The van der Waals surface area contributed by atoms with Crippen molar-refractivity contribution in [3.63, 3.8) is 0 Å². The molecule has 13 heteroatoms. The van der Waals surface area contributed by atoms with Crippen LogP contribution in [0.25, 0.3) is 12.2 Å². The van der Waals surface area contributed by atoms with Crippen LogP contribution in [-0.4, -0.2) is 83.4 Å². The Labute approximate surface area is 237 Å². The molecular weight excluding hydrogens is 556 g/mol. The number of fused-ring (bicyclic) bond motifs is 1. The smallest absolute Gasteiger partial charge is 0.251 e. The standard InChI is InChI=1S/C27H34N4O7S2/c1-37-11-10-28-25(33)19-5-3-4-17(14-19)18-6-9-22-21(15-18)31-27(39-22)24(40(35,36)13-12-38-2)26(34)29-16-23(32)30-20-7-8-20/h3-5,9,14-15,18,20,24H,6-8,10-13,16H2,1-2H3,(H,28,33)(H,29,34)(H,30,32). The van der Waals surface area contributed by atoms with Crippen LogP contribution < -0.4 is 25.8 Å². The first-order valence-corrected chi connectivity index (χ1v) is 15.6. The lowest BCUT2D eigenvalue weighted by atomic mass is 9.92. The third-order valence-corrected chi connectivity index (χ3v) is 9.71. The first-order chi connectivity index (χ1) is 19.2. The van der Waals surface area contributed by atoms with Crippen molar-refractivity contribution in [3.05, 3.63) is 50.3 Å². The molecule has 3 amide bonds. The van der Waals surface area contributed by atoms with Gasteiger partial charge in [0, 0.05) is 38.3 Å².